The molecule has 5 nitrogen and oxygen atoms in total. The van der Waals surface area contributed by atoms with E-state index >= 15 is 0 Å². The Hall–Kier alpha value is -2.57. The molecule has 0 radical (unpaired) electrons. The molecule has 0 atom stereocenters. The minimum absolute atomic E-state index is 0.0872. The number of thiazole rings is 1. The summed E-state index contributed by atoms with van der Waals surface area (Å²) in [5.41, 5.74) is 1.63. The molecule has 2 aromatic carbocycles. The zero-order chi connectivity index (χ0) is 19.4. The van der Waals surface area contributed by atoms with Gasteiger partial charge in [0.1, 0.15) is 28.0 Å². The number of carbonyl (C=O) groups is 1. The predicted octanol–water partition coefficient (Wildman–Crippen LogP) is 4.66. The maximum atomic E-state index is 12.8. The lowest BCUT2D eigenvalue weighted by Crippen LogP contribution is -2.26. The predicted molar refractivity (Wildman–Crippen MR) is 107 cm³/mol. The van der Waals surface area contributed by atoms with E-state index in [0.717, 1.165) is 10.6 Å². The molecule has 1 aromatic heterocycles. The van der Waals surface area contributed by atoms with Gasteiger partial charge in [-0.05, 0) is 48.9 Å². The van der Waals surface area contributed by atoms with Crippen LogP contribution < -0.4 is 4.74 Å². The molecular formula is C20H19ClN2O3S. The Labute approximate surface area is 166 Å². The summed E-state index contributed by atoms with van der Waals surface area (Å²) in [7, 11) is 1.75. The van der Waals surface area contributed by atoms with Gasteiger partial charge < -0.3 is 14.7 Å². The lowest BCUT2D eigenvalue weighted by atomic mass is 10.2. The lowest BCUT2D eigenvalue weighted by molar-refractivity contribution is 0.0789. The van der Waals surface area contributed by atoms with Crippen molar-refractivity contribution in [2.75, 3.05) is 7.05 Å². The van der Waals surface area contributed by atoms with E-state index < -0.39 is 0 Å². The van der Waals surface area contributed by atoms with Crippen molar-refractivity contribution in [3.63, 3.8) is 0 Å². The zero-order valence-electron chi connectivity index (χ0n) is 15.0. The summed E-state index contributed by atoms with van der Waals surface area (Å²) in [4.78, 5) is 19.4. The number of phenols is 1. The number of amides is 1. The number of hydrogen-bond acceptors (Lipinski definition) is 5. The van der Waals surface area contributed by atoms with Crippen LogP contribution in [0.25, 0.3) is 0 Å². The Kier molecular flexibility index (Phi) is 5.98. The highest BCUT2D eigenvalue weighted by molar-refractivity contribution is 7.13. The number of nitrogens with zero attached hydrogens (tertiary/aromatic N) is 2. The Morgan fingerprint density at radius 2 is 1.85 bits per heavy atom. The molecule has 1 heterocycles. The van der Waals surface area contributed by atoms with Crippen LogP contribution in [0.3, 0.4) is 0 Å². The molecule has 27 heavy (non-hydrogen) atoms. The van der Waals surface area contributed by atoms with Crippen LogP contribution in [0.4, 0.5) is 0 Å². The first-order valence-corrected chi connectivity index (χ1v) is 9.50. The fourth-order valence-electron chi connectivity index (χ4n) is 2.51. The molecule has 3 aromatic rings. The highest BCUT2D eigenvalue weighted by Gasteiger charge is 2.19. The van der Waals surface area contributed by atoms with Crippen LogP contribution in [0.15, 0.2) is 48.5 Å². The number of halogens is 1. The Morgan fingerprint density at radius 1 is 1.19 bits per heavy atom. The van der Waals surface area contributed by atoms with E-state index in [4.69, 9.17) is 16.3 Å². The number of aromatic nitrogens is 1. The summed E-state index contributed by atoms with van der Waals surface area (Å²) in [6.07, 6.45) is 0. The Bertz CT molecular complexity index is 923. The van der Waals surface area contributed by atoms with Gasteiger partial charge in [0.25, 0.3) is 5.91 Å². The number of benzene rings is 2. The third-order valence-electron chi connectivity index (χ3n) is 3.91. The first-order chi connectivity index (χ1) is 12.9. The van der Waals surface area contributed by atoms with Gasteiger partial charge in [0.05, 0.1) is 5.69 Å². The highest BCUT2D eigenvalue weighted by Crippen LogP contribution is 2.23. The molecule has 0 spiro atoms. The van der Waals surface area contributed by atoms with E-state index in [-0.39, 0.29) is 11.7 Å². The first-order valence-electron chi connectivity index (χ1n) is 8.30. The lowest BCUT2D eigenvalue weighted by Gasteiger charge is -2.16. The van der Waals surface area contributed by atoms with Gasteiger partial charge in [-0.15, -0.1) is 11.3 Å². The SMILES string of the molecule is Cc1nc(COc2ccc(Cl)cc2)sc1C(=O)N(C)Cc1ccc(O)cc1. The number of rotatable bonds is 6. The van der Waals surface area contributed by atoms with E-state index in [0.29, 0.717) is 34.5 Å². The quantitative estimate of drug-likeness (QED) is 0.651. The van der Waals surface area contributed by atoms with Crippen molar-refractivity contribution in [2.24, 2.45) is 0 Å². The Balaban J connectivity index is 1.64. The average Bonchev–Trinajstić information content (AvgIpc) is 3.03. The topological polar surface area (TPSA) is 62.7 Å². The van der Waals surface area contributed by atoms with Gasteiger partial charge in [-0.3, -0.25) is 4.79 Å². The number of phenolic OH excluding ortho intramolecular Hbond substituents is 1. The summed E-state index contributed by atoms with van der Waals surface area (Å²) >= 11 is 7.20. The maximum absolute atomic E-state index is 12.8. The molecule has 0 aliphatic rings. The second-order valence-electron chi connectivity index (χ2n) is 6.09. The van der Waals surface area contributed by atoms with Crippen molar-refractivity contribution in [2.45, 2.75) is 20.1 Å². The molecule has 140 valence electrons. The van der Waals surface area contributed by atoms with Gasteiger partial charge in [-0.2, -0.15) is 0 Å². The van der Waals surface area contributed by atoms with Crippen molar-refractivity contribution in [3.05, 3.63) is 74.7 Å². The van der Waals surface area contributed by atoms with Crippen molar-refractivity contribution in [1.82, 2.24) is 9.88 Å². The second-order valence-corrected chi connectivity index (χ2v) is 7.61. The number of ether oxygens (including phenoxy) is 1. The number of aryl methyl sites for hydroxylation is 1. The Morgan fingerprint density at radius 3 is 2.52 bits per heavy atom. The van der Waals surface area contributed by atoms with Gasteiger partial charge in [-0.25, -0.2) is 4.98 Å². The van der Waals surface area contributed by atoms with Crippen LogP contribution in [-0.4, -0.2) is 27.9 Å². The standard InChI is InChI=1S/C20H19ClN2O3S/c1-13-19(20(25)23(2)11-14-3-7-16(24)8-4-14)27-18(22-13)12-26-17-9-5-15(21)6-10-17/h3-10,24H,11-12H2,1-2H3. The molecule has 0 aliphatic carbocycles. The van der Waals surface area contributed by atoms with Crippen LogP contribution in [0.2, 0.25) is 5.02 Å². The summed E-state index contributed by atoms with van der Waals surface area (Å²) in [5, 5.41) is 10.7. The smallest absolute Gasteiger partial charge is 0.265 e. The first kappa shape index (κ1) is 19.2. The van der Waals surface area contributed by atoms with Crippen molar-refractivity contribution < 1.29 is 14.6 Å². The number of hydrogen-bond donors (Lipinski definition) is 1. The van der Waals surface area contributed by atoms with Crippen LogP contribution >= 0.6 is 22.9 Å². The largest absolute Gasteiger partial charge is 0.508 e. The average molecular weight is 403 g/mol. The van der Waals surface area contributed by atoms with Gasteiger partial charge in [0.15, 0.2) is 0 Å². The molecule has 1 N–H and O–H groups in total. The molecule has 0 bridgehead atoms. The van der Waals surface area contributed by atoms with Crippen molar-refractivity contribution >= 4 is 28.8 Å². The van der Waals surface area contributed by atoms with E-state index in [1.807, 2.05) is 6.92 Å². The molecule has 3 rings (SSSR count). The molecule has 0 saturated heterocycles. The molecule has 1 amide bonds. The van der Waals surface area contributed by atoms with E-state index in [1.165, 1.54) is 11.3 Å². The van der Waals surface area contributed by atoms with E-state index in [9.17, 15) is 9.90 Å². The molecule has 0 saturated carbocycles. The minimum Gasteiger partial charge on any atom is -0.508 e. The van der Waals surface area contributed by atoms with Gasteiger partial charge in [0.2, 0.25) is 0 Å². The molecular weight excluding hydrogens is 384 g/mol. The third-order valence-corrected chi connectivity index (χ3v) is 5.28. The second kappa shape index (κ2) is 8.41. The summed E-state index contributed by atoms with van der Waals surface area (Å²) in [5.74, 6) is 0.816. The fourth-order valence-corrected chi connectivity index (χ4v) is 3.61. The zero-order valence-corrected chi connectivity index (χ0v) is 16.5. The minimum atomic E-state index is -0.0872. The van der Waals surface area contributed by atoms with Gasteiger partial charge in [-0.1, -0.05) is 23.7 Å². The van der Waals surface area contributed by atoms with E-state index in [2.05, 4.69) is 4.98 Å². The van der Waals surface area contributed by atoms with Crippen molar-refractivity contribution in [3.8, 4) is 11.5 Å². The maximum Gasteiger partial charge on any atom is 0.265 e. The van der Waals surface area contributed by atoms with Crippen LogP contribution in [0.1, 0.15) is 25.9 Å². The van der Waals surface area contributed by atoms with Crippen LogP contribution in [-0.2, 0) is 13.2 Å². The molecule has 0 fully saturated rings. The van der Waals surface area contributed by atoms with E-state index in [1.54, 1.807) is 60.5 Å². The fraction of sp³-hybridized carbons (Fsp3) is 0.200. The number of aromatic hydroxyl groups is 1. The molecule has 7 heteroatoms. The molecule has 0 aliphatic heterocycles. The summed E-state index contributed by atoms with van der Waals surface area (Å²) < 4.78 is 5.70. The summed E-state index contributed by atoms with van der Waals surface area (Å²) in [6, 6.07) is 13.9. The van der Waals surface area contributed by atoms with Crippen molar-refractivity contribution in [1.29, 1.82) is 0 Å². The highest BCUT2D eigenvalue weighted by atomic mass is 35.5. The third kappa shape index (κ3) is 4.99. The monoisotopic (exact) mass is 402 g/mol. The molecule has 0 unspecified atom stereocenters. The van der Waals surface area contributed by atoms with Crippen LogP contribution in [0.5, 0.6) is 11.5 Å². The number of carbonyl (C=O) groups excluding carboxylic acids is 1. The van der Waals surface area contributed by atoms with Gasteiger partial charge >= 0.3 is 0 Å². The normalized spacial score (nSPS) is 10.6. The summed E-state index contributed by atoms with van der Waals surface area (Å²) in [6.45, 7) is 2.57. The van der Waals surface area contributed by atoms with Gasteiger partial charge in [0, 0.05) is 18.6 Å². The van der Waals surface area contributed by atoms with Crippen LogP contribution in [0, 0.1) is 6.92 Å².